The van der Waals surface area contributed by atoms with E-state index >= 15 is 0 Å². The van der Waals surface area contributed by atoms with Crippen LogP contribution < -0.4 is 10.6 Å². The fourth-order valence-corrected chi connectivity index (χ4v) is 7.62. The summed E-state index contributed by atoms with van der Waals surface area (Å²) in [7, 11) is 3.29. The van der Waals surface area contributed by atoms with Crippen LogP contribution >= 0.6 is 21.6 Å². The molecule has 42 heavy (non-hydrogen) atoms. The van der Waals surface area contributed by atoms with E-state index in [4.69, 9.17) is 9.47 Å². The van der Waals surface area contributed by atoms with E-state index in [1.54, 1.807) is 21.6 Å². The van der Waals surface area contributed by atoms with E-state index in [9.17, 15) is 9.59 Å². The van der Waals surface area contributed by atoms with Gasteiger partial charge in [0.25, 0.3) is 0 Å². The van der Waals surface area contributed by atoms with Gasteiger partial charge in [0.05, 0.1) is 0 Å². The molecule has 0 saturated carbocycles. The number of hydrogen-bond donors (Lipinski definition) is 2. The summed E-state index contributed by atoms with van der Waals surface area (Å²) in [6, 6.07) is 33.2. The molecule has 2 aliphatic carbocycles. The highest BCUT2D eigenvalue weighted by Crippen LogP contribution is 2.45. The third kappa shape index (κ3) is 6.15. The first-order chi connectivity index (χ1) is 20.7. The molecule has 0 radical (unpaired) electrons. The average Bonchev–Trinajstić information content (AvgIpc) is 3.53. The molecule has 2 amide bonds. The summed E-state index contributed by atoms with van der Waals surface area (Å²) in [6.45, 7) is 1.63. The smallest absolute Gasteiger partial charge is 0.407 e. The van der Waals surface area contributed by atoms with E-state index in [1.807, 2.05) is 48.5 Å². The Morgan fingerprint density at radius 3 is 1.17 bits per heavy atom. The SMILES string of the molecule is O=C(NCCSSCCNC(=O)OCC1c2ccccc2-c2ccccc21)OCC1c2ccccc2-c2ccccc21. The first-order valence-electron chi connectivity index (χ1n) is 14.1. The summed E-state index contributed by atoms with van der Waals surface area (Å²) in [5, 5.41) is 5.67. The molecule has 0 spiro atoms. The molecule has 6 nitrogen and oxygen atoms in total. The predicted octanol–water partition coefficient (Wildman–Crippen LogP) is 7.45. The molecule has 4 aromatic rings. The van der Waals surface area contributed by atoms with Gasteiger partial charge in [0, 0.05) is 36.4 Å². The van der Waals surface area contributed by atoms with Crippen molar-refractivity contribution in [1.29, 1.82) is 0 Å². The van der Waals surface area contributed by atoms with Crippen molar-refractivity contribution in [1.82, 2.24) is 10.6 Å². The number of fused-ring (bicyclic) bond motifs is 6. The summed E-state index contributed by atoms with van der Waals surface area (Å²) < 4.78 is 11.2. The van der Waals surface area contributed by atoms with Crippen molar-refractivity contribution in [2.24, 2.45) is 0 Å². The molecule has 0 aromatic heterocycles. The lowest BCUT2D eigenvalue weighted by molar-refractivity contribution is 0.143. The minimum atomic E-state index is -0.403. The van der Waals surface area contributed by atoms with Gasteiger partial charge in [-0.3, -0.25) is 0 Å². The highest BCUT2D eigenvalue weighted by molar-refractivity contribution is 8.76. The van der Waals surface area contributed by atoms with E-state index in [-0.39, 0.29) is 11.8 Å². The number of carbonyl (C=O) groups is 2. The highest BCUT2D eigenvalue weighted by Gasteiger charge is 2.30. The van der Waals surface area contributed by atoms with Crippen LogP contribution in [0.4, 0.5) is 9.59 Å². The van der Waals surface area contributed by atoms with E-state index in [2.05, 4.69) is 59.2 Å². The van der Waals surface area contributed by atoms with Crippen LogP contribution in [0.2, 0.25) is 0 Å². The average molecular weight is 597 g/mol. The summed E-state index contributed by atoms with van der Waals surface area (Å²) in [4.78, 5) is 24.6. The lowest BCUT2D eigenvalue weighted by atomic mass is 9.98. The number of hydrogen-bond acceptors (Lipinski definition) is 6. The number of ether oxygens (including phenoxy) is 2. The Hall–Kier alpha value is -3.88. The molecule has 4 aromatic carbocycles. The lowest BCUT2D eigenvalue weighted by Gasteiger charge is -2.14. The molecule has 0 aliphatic heterocycles. The van der Waals surface area contributed by atoms with Crippen LogP contribution in [-0.4, -0.2) is 50.0 Å². The summed E-state index contributed by atoms with van der Waals surface area (Å²) >= 11 is 0. The van der Waals surface area contributed by atoms with Crippen LogP contribution in [0.5, 0.6) is 0 Å². The molecule has 2 N–H and O–H groups in total. The van der Waals surface area contributed by atoms with Crippen LogP contribution in [0.25, 0.3) is 22.3 Å². The number of amides is 2. The zero-order valence-electron chi connectivity index (χ0n) is 23.1. The number of nitrogens with one attached hydrogen (secondary N) is 2. The second-order valence-electron chi connectivity index (χ2n) is 10.1. The molecular formula is C34H32N2O4S2. The predicted molar refractivity (Wildman–Crippen MR) is 171 cm³/mol. The van der Waals surface area contributed by atoms with Gasteiger partial charge in [0.1, 0.15) is 13.2 Å². The number of carbonyl (C=O) groups excluding carboxylic acids is 2. The Bertz CT molecular complexity index is 1370. The molecule has 0 bridgehead atoms. The van der Waals surface area contributed by atoms with Crippen molar-refractivity contribution in [3.8, 4) is 22.3 Å². The zero-order chi connectivity index (χ0) is 28.7. The fourth-order valence-electron chi connectivity index (χ4n) is 5.81. The maximum atomic E-state index is 12.3. The molecule has 214 valence electrons. The zero-order valence-corrected chi connectivity index (χ0v) is 24.7. The topological polar surface area (TPSA) is 76.7 Å². The van der Waals surface area contributed by atoms with E-state index < -0.39 is 12.2 Å². The van der Waals surface area contributed by atoms with Gasteiger partial charge in [-0.25, -0.2) is 9.59 Å². The number of alkyl carbamates (subject to hydrolysis) is 2. The van der Waals surface area contributed by atoms with E-state index in [0.29, 0.717) is 26.3 Å². The second-order valence-corrected chi connectivity index (χ2v) is 12.9. The molecular weight excluding hydrogens is 565 g/mol. The first kappa shape index (κ1) is 28.2. The number of benzene rings is 4. The highest BCUT2D eigenvalue weighted by atomic mass is 33.1. The lowest BCUT2D eigenvalue weighted by Crippen LogP contribution is -2.28. The maximum absolute atomic E-state index is 12.3. The molecule has 0 atom stereocenters. The van der Waals surface area contributed by atoms with Crippen molar-refractivity contribution in [2.45, 2.75) is 11.8 Å². The Balaban J connectivity index is 0.840. The van der Waals surface area contributed by atoms with Crippen LogP contribution in [0.3, 0.4) is 0 Å². The maximum Gasteiger partial charge on any atom is 0.407 e. The first-order valence-corrected chi connectivity index (χ1v) is 16.6. The Morgan fingerprint density at radius 2 is 0.833 bits per heavy atom. The van der Waals surface area contributed by atoms with Crippen molar-refractivity contribution >= 4 is 33.8 Å². The standard InChI is InChI=1S/C34H32N2O4S2/c37-33(39-21-31-27-13-5-1-9-23(27)24-10-2-6-14-28(24)31)35-17-19-41-42-20-18-36-34(38)40-22-32-29-15-7-3-11-25(29)26-12-4-8-16-30(26)32/h1-16,31-32H,17-22H2,(H,35,37)(H,36,38). The van der Waals surface area contributed by atoms with Gasteiger partial charge in [-0.1, -0.05) is 119 Å². The van der Waals surface area contributed by atoms with Gasteiger partial charge in [0.2, 0.25) is 0 Å². The molecule has 8 heteroatoms. The van der Waals surface area contributed by atoms with Gasteiger partial charge in [0.15, 0.2) is 0 Å². The van der Waals surface area contributed by atoms with Crippen molar-refractivity contribution in [3.63, 3.8) is 0 Å². The van der Waals surface area contributed by atoms with Crippen molar-refractivity contribution < 1.29 is 19.1 Å². The summed E-state index contributed by atoms with van der Waals surface area (Å²) in [5.74, 6) is 1.58. The molecule has 6 rings (SSSR count). The normalized spacial score (nSPS) is 13.0. The minimum absolute atomic E-state index is 0.0528. The third-order valence-corrected chi connectivity index (χ3v) is 10.1. The Labute approximate surface area is 254 Å². The molecule has 2 aliphatic rings. The van der Waals surface area contributed by atoms with Crippen molar-refractivity contribution in [2.75, 3.05) is 37.8 Å². The second kappa shape index (κ2) is 13.4. The number of rotatable bonds is 11. The Morgan fingerprint density at radius 1 is 0.524 bits per heavy atom. The van der Waals surface area contributed by atoms with Crippen LogP contribution in [0, 0.1) is 0 Å². The van der Waals surface area contributed by atoms with Crippen LogP contribution in [0.1, 0.15) is 34.1 Å². The largest absolute Gasteiger partial charge is 0.449 e. The van der Waals surface area contributed by atoms with Gasteiger partial charge < -0.3 is 20.1 Å². The van der Waals surface area contributed by atoms with Crippen molar-refractivity contribution in [3.05, 3.63) is 119 Å². The molecule has 0 heterocycles. The van der Waals surface area contributed by atoms with Gasteiger partial charge in [-0.2, -0.15) is 0 Å². The van der Waals surface area contributed by atoms with E-state index in [1.165, 1.54) is 44.5 Å². The summed E-state index contributed by atoms with van der Waals surface area (Å²) in [5.41, 5.74) is 9.64. The van der Waals surface area contributed by atoms with Crippen LogP contribution in [-0.2, 0) is 9.47 Å². The fraction of sp³-hybridized carbons (Fsp3) is 0.235. The van der Waals surface area contributed by atoms with E-state index in [0.717, 1.165) is 11.5 Å². The summed E-state index contributed by atoms with van der Waals surface area (Å²) in [6.07, 6.45) is -0.807. The Kier molecular flexibility index (Phi) is 9.01. The minimum Gasteiger partial charge on any atom is -0.449 e. The third-order valence-electron chi connectivity index (χ3n) is 7.68. The monoisotopic (exact) mass is 596 g/mol. The molecule has 0 fully saturated rings. The van der Waals surface area contributed by atoms with Crippen LogP contribution in [0.15, 0.2) is 97.1 Å². The molecule has 0 unspecified atom stereocenters. The van der Waals surface area contributed by atoms with Gasteiger partial charge >= 0.3 is 12.2 Å². The molecule has 0 saturated heterocycles. The van der Waals surface area contributed by atoms with Gasteiger partial charge in [-0.05, 0) is 44.5 Å². The van der Waals surface area contributed by atoms with Gasteiger partial charge in [-0.15, -0.1) is 0 Å². The quantitative estimate of drug-likeness (QED) is 0.138.